The second-order valence-electron chi connectivity index (χ2n) is 6.21. The van der Waals surface area contributed by atoms with Crippen LogP contribution in [0.5, 0.6) is 0 Å². The largest absolute Gasteiger partial charge is 0.308 e. The highest BCUT2D eigenvalue weighted by atomic mass is 32.2. The first kappa shape index (κ1) is 17.8. The van der Waals surface area contributed by atoms with Gasteiger partial charge in [-0.05, 0) is 63.4 Å². The van der Waals surface area contributed by atoms with Crippen LogP contribution in [0.2, 0.25) is 0 Å². The molecular formula is C16H26N2O2S2. The maximum absolute atomic E-state index is 13.1. The number of hydrogen-bond acceptors (Lipinski definition) is 4. The van der Waals surface area contributed by atoms with Crippen LogP contribution in [0.4, 0.5) is 0 Å². The Balaban J connectivity index is 2.36. The fourth-order valence-electron chi connectivity index (χ4n) is 2.70. The van der Waals surface area contributed by atoms with Crippen LogP contribution >= 0.6 is 11.8 Å². The zero-order valence-corrected chi connectivity index (χ0v) is 15.5. The Hall–Kier alpha value is -0.560. The van der Waals surface area contributed by atoms with Crippen molar-refractivity contribution < 1.29 is 8.42 Å². The number of aryl methyl sites for hydroxylation is 2. The summed E-state index contributed by atoms with van der Waals surface area (Å²) in [4.78, 5) is 2.49. The molecule has 1 aromatic rings. The zero-order chi connectivity index (χ0) is 16.3. The Bertz CT molecular complexity index is 615. The summed E-state index contributed by atoms with van der Waals surface area (Å²) in [7, 11) is 0.567. The summed E-state index contributed by atoms with van der Waals surface area (Å²) in [5, 5.41) is 0. The lowest BCUT2D eigenvalue weighted by atomic mass is 10.1. The molecule has 1 aromatic carbocycles. The molecule has 0 bridgehead atoms. The number of hydrogen-bond donors (Lipinski definition) is 0. The first-order valence-corrected chi connectivity index (χ1v) is 10.2. The predicted octanol–water partition coefficient (Wildman–Crippen LogP) is 2.36. The van der Waals surface area contributed by atoms with Crippen LogP contribution in [0.25, 0.3) is 0 Å². The monoisotopic (exact) mass is 342 g/mol. The number of sulfonamides is 1. The van der Waals surface area contributed by atoms with Gasteiger partial charge in [-0.25, -0.2) is 8.42 Å². The van der Waals surface area contributed by atoms with Gasteiger partial charge in [0.25, 0.3) is 0 Å². The van der Waals surface area contributed by atoms with E-state index in [1.165, 1.54) is 0 Å². The van der Waals surface area contributed by atoms with E-state index in [0.29, 0.717) is 11.4 Å². The third kappa shape index (κ3) is 4.04. The number of rotatable bonds is 4. The molecule has 2 rings (SSSR count). The molecule has 6 heteroatoms. The third-order valence-electron chi connectivity index (χ3n) is 4.05. The van der Waals surface area contributed by atoms with E-state index in [2.05, 4.69) is 4.90 Å². The van der Waals surface area contributed by atoms with E-state index in [4.69, 9.17) is 0 Å². The van der Waals surface area contributed by atoms with Crippen molar-refractivity contribution in [2.75, 3.05) is 38.7 Å². The van der Waals surface area contributed by atoms with Gasteiger partial charge in [-0.15, -0.1) is 0 Å². The molecule has 0 amide bonds. The van der Waals surface area contributed by atoms with Gasteiger partial charge in [-0.1, -0.05) is 6.07 Å². The Morgan fingerprint density at radius 1 is 1.27 bits per heavy atom. The smallest absolute Gasteiger partial charge is 0.243 e. The van der Waals surface area contributed by atoms with Gasteiger partial charge in [0.2, 0.25) is 10.0 Å². The number of nitrogens with zero attached hydrogens (tertiary/aromatic N) is 2. The Morgan fingerprint density at radius 2 is 2.00 bits per heavy atom. The topological polar surface area (TPSA) is 40.6 Å². The van der Waals surface area contributed by atoms with Gasteiger partial charge in [-0.2, -0.15) is 16.1 Å². The summed E-state index contributed by atoms with van der Waals surface area (Å²) >= 11 is 1.85. The van der Waals surface area contributed by atoms with Gasteiger partial charge in [0.15, 0.2) is 0 Å². The Kier molecular flexibility index (Phi) is 5.94. The number of likely N-dealkylation sites (N-methyl/N-ethyl adjacent to an activating group) is 1. The van der Waals surface area contributed by atoms with Gasteiger partial charge >= 0.3 is 0 Å². The zero-order valence-electron chi connectivity index (χ0n) is 13.9. The summed E-state index contributed by atoms with van der Waals surface area (Å²) in [6.45, 7) is 5.34. The fourth-order valence-corrected chi connectivity index (χ4v) is 5.59. The number of benzene rings is 1. The minimum atomic E-state index is -3.43. The molecule has 1 saturated heterocycles. The molecule has 0 unspecified atom stereocenters. The van der Waals surface area contributed by atoms with Crippen molar-refractivity contribution in [2.45, 2.75) is 31.2 Å². The van der Waals surface area contributed by atoms with E-state index in [9.17, 15) is 8.42 Å². The van der Waals surface area contributed by atoms with Gasteiger partial charge in [0.05, 0.1) is 4.90 Å². The van der Waals surface area contributed by atoms with Crippen molar-refractivity contribution in [3.63, 3.8) is 0 Å². The van der Waals surface area contributed by atoms with Crippen LogP contribution in [-0.4, -0.2) is 62.4 Å². The quantitative estimate of drug-likeness (QED) is 0.842. The van der Waals surface area contributed by atoms with Crippen molar-refractivity contribution >= 4 is 21.8 Å². The molecule has 0 saturated carbocycles. The summed E-state index contributed by atoms with van der Waals surface area (Å²) in [6, 6.07) is 5.47. The second kappa shape index (κ2) is 7.34. The normalized spacial score (nSPS) is 21.0. The maximum atomic E-state index is 13.1. The molecular weight excluding hydrogens is 316 g/mol. The maximum Gasteiger partial charge on any atom is 0.243 e. The van der Waals surface area contributed by atoms with E-state index >= 15 is 0 Å². The molecule has 0 aliphatic carbocycles. The highest BCUT2D eigenvalue weighted by Gasteiger charge is 2.33. The minimum Gasteiger partial charge on any atom is -0.308 e. The van der Waals surface area contributed by atoms with Crippen LogP contribution < -0.4 is 0 Å². The number of thioether (sulfide) groups is 1. The summed E-state index contributed by atoms with van der Waals surface area (Å²) < 4.78 is 27.9. The molecule has 1 fully saturated rings. The van der Waals surface area contributed by atoms with Crippen LogP contribution in [0.15, 0.2) is 23.1 Å². The lowest BCUT2D eigenvalue weighted by molar-refractivity contribution is 0.271. The van der Waals surface area contributed by atoms with Crippen LogP contribution in [-0.2, 0) is 10.0 Å². The van der Waals surface area contributed by atoms with Gasteiger partial charge in [0, 0.05) is 24.9 Å². The van der Waals surface area contributed by atoms with E-state index in [1.807, 2.05) is 45.8 Å². The Labute approximate surface area is 138 Å². The first-order valence-electron chi connectivity index (χ1n) is 7.64. The first-order chi connectivity index (χ1) is 10.3. The van der Waals surface area contributed by atoms with Gasteiger partial charge < -0.3 is 4.90 Å². The molecule has 1 heterocycles. The van der Waals surface area contributed by atoms with Crippen LogP contribution in [0, 0.1) is 13.8 Å². The third-order valence-corrected chi connectivity index (χ3v) is 7.19. The van der Waals surface area contributed by atoms with E-state index in [-0.39, 0.29) is 6.04 Å². The lowest BCUT2D eigenvalue weighted by Crippen LogP contribution is -2.46. The molecule has 0 aromatic heterocycles. The molecule has 4 nitrogen and oxygen atoms in total. The van der Waals surface area contributed by atoms with Gasteiger partial charge in [-0.3, -0.25) is 0 Å². The lowest BCUT2D eigenvalue weighted by Gasteiger charge is -2.31. The van der Waals surface area contributed by atoms with Crippen molar-refractivity contribution in [3.05, 3.63) is 29.3 Å². The average molecular weight is 343 g/mol. The van der Waals surface area contributed by atoms with Crippen molar-refractivity contribution in [1.82, 2.24) is 9.21 Å². The summed E-state index contributed by atoms with van der Waals surface area (Å²) in [6.07, 6.45) is 0.915. The minimum absolute atomic E-state index is 0.0362. The molecule has 22 heavy (non-hydrogen) atoms. The molecule has 0 spiro atoms. The molecule has 1 atom stereocenters. The molecule has 1 aliphatic rings. The van der Waals surface area contributed by atoms with Crippen LogP contribution in [0.3, 0.4) is 0 Å². The second-order valence-corrected chi connectivity index (χ2v) is 9.25. The average Bonchev–Trinajstić information content (AvgIpc) is 2.67. The molecule has 0 N–H and O–H groups in total. The van der Waals surface area contributed by atoms with Gasteiger partial charge in [0.1, 0.15) is 0 Å². The highest BCUT2D eigenvalue weighted by molar-refractivity contribution is 7.99. The van der Waals surface area contributed by atoms with Crippen molar-refractivity contribution in [1.29, 1.82) is 0 Å². The predicted molar refractivity (Wildman–Crippen MR) is 94.1 cm³/mol. The Morgan fingerprint density at radius 3 is 2.64 bits per heavy atom. The van der Waals surface area contributed by atoms with E-state index < -0.39 is 10.0 Å². The van der Waals surface area contributed by atoms with Crippen molar-refractivity contribution in [2.24, 2.45) is 0 Å². The fraction of sp³-hybridized carbons (Fsp3) is 0.625. The molecule has 1 aliphatic heterocycles. The molecule has 0 radical (unpaired) electrons. The van der Waals surface area contributed by atoms with E-state index in [0.717, 1.165) is 35.6 Å². The van der Waals surface area contributed by atoms with Crippen molar-refractivity contribution in [3.8, 4) is 0 Å². The van der Waals surface area contributed by atoms with Crippen LogP contribution in [0.1, 0.15) is 17.5 Å². The molecule has 124 valence electrons. The summed E-state index contributed by atoms with van der Waals surface area (Å²) in [5.74, 6) is 1.89. The van der Waals surface area contributed by atoms with E-state index in [1.54, 1.807) is 16.4 Å². The SMILES string of the molecule is Cc1ccc(S(=O)(=O)N2CCCSC[C@@H]2CN(C)C)cc1C. The highest BCUT2D eigenvalue weighted by Crippen LogP contribution is 2.25. The standard InChI is InChI=1S/C16H26N2O2S2/c1-13-6-7-16(10-14(13)2)22(19,20)18-8-5-9-21-12-15(18)11-17(3)4/h6-7,10,15H,5,8-9,11-12H2,1-4H3/t15-/m0/s1. The summed E-state index contributed by atoms with van der Waals surface area (Å²) in [5.41, 5.74) is 2.14.